The van der Waals surface area contributed by atoms with Crippen LogP contribution in [0.3, 0.4) is 0 Å². The van der Waals surface area contributed by atoms with Crippen LogP contribution in [-0.4, -0.2) is 30.4 Å². The maximum Gasteiger partial charge on any atom is 0.0229 e. The van der Waals surface area contributed by atoms with E-state index in [4.69, 9.17) is 11.6 Å². The molecule has 1 fully saturated rings. The lowest BCUT2D eigenvalue weighted by Gasteiger charge is -2.26. The van der Waals surface area contributed by atoms with Crippen molar-refractivity contribution in [3.05, 3.63) is 35.9 Å². The van der Waals surface area contributed by atoms with Gasteiger partial charge in [0, 0.05) is 12.4 Å². The maximum absolute atomic E-state index is 5.98. The molecule has 0 bridgehead atoms. The van der Waals surface area contributed by atoms with Crippen LogP contribution in [0, 0.1) is 0 Å². The van der Waals surface area contributed by atoms with Crippen LogP contribution in [0.5, 0.6) is 0 Å². The zero-order valence-corrected chi connectivity index (χ0v) is 11.9. The fourth-order valence-electron chi connectivity index (χ4n) is 2.85. The molecule has 0 amide bonds. The van der Waals surface area contributed by atoms with Gasteiger partial charge < -0.3 is 4.90 Å². The van der Waals surface area contributed by atoms with Gasteiger partial charge in [0.2, 0.25) is 0 Å². The first-order valence-corrected chi connectivity index (χ1v) is 7.77. The van der Waals surface area contributed by atoms with Crippen molar-refractivity contribution in [1.29, 1.82) is 0 Å². The number of nitrogens with zero attached hydrogens (tertiary/aromatic N) is 1. The molecular formula is C16H24ClN. The van der Waals surface area contributed by atoms with E-state index in [-0.39, 0.29) is 0 Å². The molecule has 0 aliphatic carbocycles. The molecule has 2 heteroatoms. The van der Waals surface area contributed by atoms with Gasteiger partial charge in [0.1, 0.15) is 0 Å². The van der Waals surface area contributed by atoms with E-state index in [1.165, 1.54) is 50.9 Å². The average molecular weight is 266 g/mol. The van der Waals surface area contributed by atoms with E-state index in [9.17, 15) is 0 Å². The van der Waals surface area contributed by atoms with Crippen LogP contribution in [0.1, 0.15) is 43.6 Å². The minimum Gasteiger partial charge on any atom is -0.303 e. The Kier molecular flexibility index (Phi) is 6.02. The first-order valence-electron chi connectivity index (χ1n) is 7.23. The molecule has 1 saturated heterocycles. The molecule has 0 N–H and O–H groups in total. The Morgan fingerprint density at radius 3 is 2.28 bits per heavy atom. The SMILES string of the molecule is ClCCC(CN1CCCCCC1)c1ccccc1. The lowest BCUT2D eigenvalue weighted by Crippen LogP contribution is -2.29. The summed E-state index contributed by atoms with van der Waals surface area (Å²) < 4.78 is 0. The molecule has 1 atom stereocenters. The normalized spacial score (nSPS) is 19.4. The van der Waals surface area contributed by atoms with Crippen LogP contribution in [0.25, 0.3) is 0 Å². The van der Waals surface area contributed by atoms with Gasteiger partial charge in [-0.1, -0.05) is 43.2 Å². The summed E-state index contributed by atoms with van der Waals surface area (Å²) in [5.41, 5.74) is 1.45. The molecular weight excluding hydrogens is 242 g/mol. The van der Waals surface area contributed by atoms with E-state index < -0.39 is 0 Å². The summed E-state index contributed by atoms with van der Waals surface area (Å²) in [5, 5.41) is 0. The minimum absolute atomic E-state index is 0.599. The topological polar surface area (TPSA) is 3.24 Å². The molecule has 100 valence electrons. The molecule has 1 heterocycles. The Hall–Kier alpha value is -0.530. The van der Waals surface area contributed by atoms with Crippen molar-refractivity contribution in [3.63, 3.8) is 0 Å². The lowest BCUT2D eigenvalue weighted by atomic mass is 9.96. The molecule has 18 heavy (non-hydrogen) atoms. The van der Waals surface area contributed by atoms with Gasteiger partial charge in [-0.3, -0.25) is 0 Å². The van der Waals surface area contributed by atoms with E-state index in [1.54, 1.807) is 0 Å². The smallest absolute Gasteiger partial charge is 0.0229 e. The molecule has 0 aromatic heterocycles. The number of hydrogen-bond acceptors (Lipinski definition) is 1. The van der Waals surface area contributed by atoms with Crippen molar-refractivity contribution < 1.29 is 0 Å². The second-order valence-corrected chi connectivity index (χ2v) is 5.68. The molecule has 2 rings (SSSR count). The molecule has 0 radical (unpaired) electrons. The Morgan fingerprint density at radius 1 is 1.00 bits per heavy atom. The number of benzene rings is 1. The van der Waals surface area contributed by atoms with Crippen LogP contribution in [0.4, 0.5) is 0 Å². The summed E-state index contributed by atoms with van der Waals surface area (Å²) in [7, 11) is 0. The van der Waals surface area contributed by atoms with Gasteiger partial charge in [0.05, 0.1) is 0 Å². The quantitative estimate of drug-likeness (QED) is 0.719. The molecule has 1 nitrogen and oxygen atoms in total. The van der Waals surface area contributed by atoms with Crippen LogP contribution in [0.15, 0.2) is 30.3 Å². The predicted octanol–water partition coefficient (Wildman–Crippen LogP) is 4.28. The summed E-state index contributed by atoms with van der Waals surface area (Å²) in [5.74, 6) is 1.36. The number of rotatable bonds is 5. The second-order valence-electron chi connectivity index (χ2n) is 5.30. The second kappa shape index (κ2) is 7.81. The van der Waals surface area contributed by atoms with Gasteiger partial charge in [-0.05, 0) is 43.8 Å². The highest BCUT2D eigenvalue weighted by Crippen LogP contribution is 2.23. The zero-order chi connectivity index (χ0) is 12.6. The Morgan fingerprint density at radius 2 is 1.67 bits per heavy atom. The van der Waals surface area contributed by atoms with Crippen molar-refractivity contribution in [3.8, 4) is 0 Å². The van der Waals surface area contributed by atoms with Crippen molar-refractivity contribution in [1.82, 2.24) is 4.90 Å². The van der Waals surface area contributed by atoms with Crippen LogP contribution in [0.2, 0.25) is 0 Å². The van der Waals surface area contributed by atoms with Gasteiger partial charge >= 0.3 is 0 Å². The van der Waals surface area contributed by atoms with Gasteiger partial charge in [0.25, 0.3) is 0 Å². The molecule has 0 spiro atoms. The minimum atomic E-state index is 0.599. The Labute approximate surface area is 116 Å². The summed E-state index contributed by atoms with van der Waals surface area (Å²) in [6.07, 6.45) is 6.62. The van der Waals surface area contributed by atoms with E-state index in [0.29, 0.717) is 5.92 Å². The van der Waals surface area contributed by atoms with Crippen molar-refractivity contribution in [2.24, 2.45) is 0 Å². The fourth-order valence-corrected chi connectivity index (χ4v) is 3.11. The fraction of sp³-hybridized carbons (Fsp3) is 0.625. The summed E-state index contributed by atoms with van der Waals surface area (Å²) in [4.78, 5) is 2.64. The van der Waals surface area contributed by atoms with Crippen LogP contribution >= 0.6 is 11.6 Å². The van der Waals surface area contributed by atoms with E-state index in [1.807, 2.05) is 0 Å². The van der Waals surface area contributed by atoms with E-state index in [0.717, 1.165) is 12.3 Å². The summed E-state index contributed by atoms with van der Waals surface area (Å²) in [6, 6.07) is 10.9. The monoisotopic (exact) mass is 265 g/mol. The Balaban J connectivity index is 1.97. The number of hydrogen-bond donors (Lipinski definition) is 0. The van der Waals surface area contributed by atoms with Crippen molar-refractivity contribution >= 4 is 11.6 Å². The molecule has 1 aliphatic rings. The van der Waals surface area contributed by atoms with E-state index >= 15 is 0 Å². The van der Waals surface area contributed by atoms with Crippen molar-refractivity contribution in [2.75, 3.05) is 25.5 Å². The molecule has 1 aromatic carbocycles. The van der Waals surface area contributed by atoms with Gasteiger partial charge in [-0.2, -0.15) is 0 Å². The highest BCUT2D eigenvalue weighted by atomic mass is 35.5. The van der Waals surface area contributed by atoms with E-state index in [2.05, 4.69) is 35.2 Å². The first-order chi connectivity index (χ1) is 8.90. The summed E-state index contributed by atoms with van der Waals surface area (Å²) >= 11 is 5.98. The van der Waals surface area contributed by atoms with Crippen LogP contribution in [-0.2, 0) is 0 Å². The number of halogens is 1. The molecule has 1 aromatic rings. The van der Waals surface area contributed by atoms with Gasteiger partial charge in [-0.25, -0.2) is 0 Å². The van der Waals surface area contributed by atoms with Gasteiger partial charge in [-0.15, -0.1) is 11.6 Å². The number of likely N-dealkylation sites (tertiary alicyclic amines) is 1. The van der Waals surface area contributed by atoms with Crippen LogP contribution < -0.4 is 0 Å². The zero-order valence-electron chi connectivity index (χ0n) is 11.2. The third kappa shape index (κ3) is 4.29. The maximum atomic E-state index is 5.98. The Bertz CT molecular complexity index is 317. The highest BCUT2D eigenvalue weighted by molar-refractivity contribution is 6.17. The molecule has 1 aliphatic heterocycles. The number of alkyl halides is 1. The average Bonchev–Trinajstić information content (AvgIpc) is 2.68. The largest absolute Gasteiger partial charge is 0.303 e. The molecule has 1 unspecified atom stereocenters. The first kappa shape index (κ1) is 13.9. The summed E-state index contributed by atoms with van der Waals surface area (Å²) in [6.45, 7) is 3.72. The van der Waals surface area contributed by atoms with Crippen molar-refractivity contribution in [2.45, 2.75) is 38.0 Å². The highest BCUT2D eigenvalue weighted by Gasteiger charge is 2.16. The third-order valence-corrected chi connectivity index (χ3v) is 4.12. The molecule has 0 saturated carbocycles. The third-order valence-electron chi connectivity index (χ3n) is 3.91. The van der Waals surface area contributed by atoms with Gasteiger partial charge in [0.15, 0.2) is 0 Å². The predicted molar refractivity (Wildman–Crippen MR) is 79.4 cm³/mol. The lowest BCUT2D eigenvalue weighted by molar-refractivity contribution is 0.264. The standard InChI is InChI=1S/C16H24ClN/c17-11-10-16(15-8-4-3-5-9-15)14-18-12-6-1-2-7-13-18/h3-5,8-9,16H,1-2,6-7,10-14H2.